The van der Waals surface area contributed by atoms with Gasteiger partial charge in [0.2, 0.25) is 11.8 Å². The molecule has 84 valence electrons. The Kier molecular flexibility index (Phi) is 3.05. The standard InChI is InChI=1S/C11H18N2O2/c12-9-6-10(14)13(7-9)11(15)8-4-2-1-3-5-8/h8-9H,1-7,12H2. The van der Waals surface area contributed by atoms with E-state index in [0.29, 0.717) is 13.0 Å². The van der Waals surface area contributed by atoms with Crippen molar-refractivity contribution in [2.24, 2.45) is 11.7 Å². The third-order valence-corrected chi connectivity index (χ3v) is 3.38. The summed E-state index contributed by atoms with van der Waals surface area (Å²) in [6.07, 6.45) is 5.67. The molecule has 0 aromatic heterocycles. The SMILES string of the molecule is NC1CC(=O)N(C(=O)C2CCCCC2)C1. The molecule has 2 rings (SSSR count). The van der Waals surface area contributed by atoms with Gasteiger partial charge >= 0.3 is 0 Å². The van der Waals surface area contributed by atoms with Gasteiger partial charge in [0, 0.05) is 24.9 Å². The van der Waals surface area contributed by atoms with Crippen LogP contribution in [0.1, 0.15) is 38.5 Å². The minimum absolute atomic E-state index is 0.0210. The Morgan fingerprint density at radius 2 is 1.93 bits per heavy atom. The third kappa shape index (κ3) is 2.20. The van der Waals surface area contributed by atoms with Crippen molar-refractivity contribution in [2.75, 3.05) is 6.54 Å². The summed E-state index contributed by atoms with van der Waals surface area (Å²) in [7, 11) is 0. The van der Waals surface area contributed by atoms with Crippen LogP contribution in [0.2, 0.25) is 0 Å². The lowest BCUT2D eigenvalue weighted by molar-refractivity contribution is -0.145. The van der Waals surface area contributed by atoms with Crippen LogP contribution in [0, 0.1) is 5.92 Å². The lowest BCUT2D eigenvalue weighted by Gasteiger charge is -2.24. The van der Waals surface area contributed by atoms with E-state index in [-0.39, 0.29) is 23.8 Å². The van der Waals surface area contributed by atoms with E-state index in [0.717, 1.165) is 25.7 Å². The molecule has 1 aliphatic heterocycles. The van der Waals surface area contributed by atoms with Crippen LogP contribution >= 0.6 is 0 Å². The summed E-state index contributed by atoms with van der Waals surface area (Å²) in [6.45, 7) is 0.425. The number of nitrogens with zero attached hydrogens (tertiary/aromatic N) is 1. The van der Waals surface area contributed by atoms with E-state index in [1.807, 2.05) is 0 Å². The molecule has 1 heterocycles. The largest absolute Gasteiger partial charge is 0.326 e. The van der Waals surface area contributed by atoms with Gasteiger partial charge in [-0.15, -0.1) is 0 Å². The van der Waals surface area contributed by atoms with Crippen molar-refractivity contribution in [1.29, 1.82) is 0 Å². The second kappa shape index (κ2) is 4.31. The summed E-state index contributed by atoms with van der Waals surface area (Å²) in [6, 6.07) is -0.148. The zero-order valence-corrected chi connectivity index (χ0v) is 8.95. The van der Waals surface area contributed by atoms with Crippen molar-refractivity contribution in [3.8, 4) is 0 Å². The molecule has 1 unspecified atom stereocenters. The monoisotopic (exact) mass is 210 g/mol. The van der Waals surface area contributed by atoms with Gasteiger partial charge in [-0.1, -0.05) is 19.3 Å². The van der Waals surface area contributed by atoms with Crippen LogP contribution in [-0.2, 0) is 9.59 Å². The van der Waals surface area contributed by atoms with Crippen molar-refractivity contribution in [2.45, 2.75) is 44.6 Å². The molecule has 0 bridgehead atoms. The molecule has 1 atom stereocenters. The third-order valence-electron chi connectivity index (χ3n) is 3.38. The van der Waals surface area contributed by atoms with E-state index >= 15 is 0 Å². The van der Waals surface area contributed by atoms with E-state index in [1.165, 1.54) is 11.3 Å². The highest BCUT2D eigenvalue weighted by atomic mass is 16.2. The number of imide groups is 1. The molecule has 2 aliphatic rings. The summed E-state index contributed by atoms with van der Waals surface area (Å²) in [5, 5.41) is 0. The van der Waals surface area contributed by atoms with Gasteiger partial charge in [0.05, 0.1) is 0 Å². The predicted molar refractivity (Wildman–Crippen MR) is 55.9 cm³/mol. The number of carbonyl (C=O) groups is 2. The number of carbonyl (C=O) groups excluding carboxylic acids is 2. The van der Waals surface area contributed by atoms with Crippen molar-refractivity contribution < 1.29 is 9.59 Å². The highest BCUT2D eigenvalue weighted by Crippen LogP contribution is 2.26. The number of nitrogens with two attached hydrogens (primary N) is 1. The molecule has 2 amide bonds. The van der Waals surface area contributed by atoms with E-state index in [1.54, 1.807) is 0 Å². The van der Waals surface area contributed by atoms with Crippen molar-refractivity contribution in [1.82, 2.24) is 4.90 Å². The van der Waals surface area contributed by atoms with Crippen molar-refractivity contribution >= 4 is 11.8 Å². The fraction of sp³-hybridized carbons (Fsp3) is 0.818. The fourth-order valence-corrected chi connectivity index (χ4v) is 2.52. The Hall–Kier alpha value is -0.900. The van der Waals surface area contributed by atoms with E-state index in [9.17, 15) is 9.59 Å². The smallest absolute Gasteiger partial charge is 0.232 e. The number of amides is 2. The zero-order chi connectivity index (χ0) is 10.8. The molecule has 15 heavy (non-hydrogen) atoms. The molecule has 1 aliphatic carbocycles. The molecular weight excluding hydrogens is 192 g/mol. The van der Waals surface area contributed by atoms with Gasteiger partial charge in [0.25, 0.3) is 0 Å². The van der Waals surface area contributed by atoms with Gasteiger partial charge in [-0.3, -0.25) is 14.5 Å². The second-order valence-electron chi connectivity index (χ2n) is 4.64. The van der Waals surface area contributed by atoms with Crippen LogP contribution in [0.25, 0.3) is 0 Å². The maximum Gasteiger partial charge on any atom is 0.232 e. The molecular formula is C11H18N2O2. The van der Waals surface area contributed by atoms with E-state index < -0.39 is 0 Å². The summed E-state index contributed by atoms with van der Waals surface area (Å²) >= 11 is 0. The molecule has 2 fully saturated rings. The van der Waals surface area contributed by atoms with Gasteiger partial charge < -0.3 is 5.73 Å². The Bertz CT molecular complexity index is 272. The summed E-state index contributed by atoms with van der Waals surface area (Å²) in [5.74, 6) is 0.0127. The van der Waals surface area contributed by atoms with Gasteiger partial charge in [0.15, 0.2) is 0 Å². The number of hydrogen-bond donors (Lipinski definition) is 1. The minimum Gasteiger partial charge on any atom is -0.326 e. The van der Waals surface area contributed by atoms with Crippen molar-refractivity contribution in [3.63, 3.8) is 0 Å². The average Bonchev–Trinajstić information content (AvgIpc) is 2.58. The summed E-state index contributed by atoms with van der Waals surface area (Å²) in [4.78, 5) is 24.9. The van der Waals surface area contributed by atoms with Crippen LogP contribution in [0.5, 0.6) is 0 Å². The Labute approximate surface area is 89.8 Å². The first kappa shape index (κ1) is 10.6. The van der Waals surface area contributed by atoms with Crippen LogP contribution in [0.3, 0.4) is 0 Å². The number of rotatable bonds is 1. The molecule has 2 N–H and O–H groups in total. The molecule has 1 saturated heterocycles. The highest BCUT2D eigenvalue weighted by Gasteiger charge is 2.35. The molecule has 0 radical (unpaired) electrons. The maximum atomic E-state index is 12.0. The minimum atomic E-state index is -0.148. The van der Waals surface area contributed by atoms with Gasteiger partial charge in [-0.05, 0) is 12.8 Å². The quantitative estimate of drug-likeness (QED) is 0.646. The Balaban J connectivity index is 1.97. The average molecular weight is 210 g/mol. The first-order valence-corrected chi connectivity index (χ1v) is 5.78. The Morgan fingerprint density at radius 3 is 2.47 bits per heavy atom. The highest BCUT2D eigenvalue weighted by molar-refractivity contribution is 5.98. The van der Waals surface area contributed by atoms with Crippen LogP contribution in [0.15, 0.2) is 0 Å². The summed E-state index contributed by atoms with van der Waals surface area (Å²) in [5.41, 5.74) is 5.67. The van der Waals surface area contributed by atoms with Gasteiger partial charge in [-0.2, -0.15) is 0 Å². The lowest BCUT2D eigenvalue weighted by Crippen LogP contribution is -2.39. The number of hydrogen-bond acceptors (Lipinski definition) is 3. The first-order valence-electron chi connectivity index (χ1n) is 5.78. The first-order chi connectivity index (χ1) is 7.18. The van der Waals surface area contributed by atoms with Crippen LogP contribution in [-0.4, -0.2) is 29.3 Å². The molecule has 0 aromatic carbocycles. The predicted octanol–water partition coefficient (Wildman–Crippen LogP) is 0.653. The molecule has 0 spiro atoms. The molecule has 4 heteroatoms. The van der Waals surface area contributed by atoms with Gasteiger partial charge in [-0.25, -0.2) is 0 Å². The zero-order valence-electron chi connectivity index (χ0n) is 8.95. The second-order valence-corrected chi connectivity index (χ2v) is 4.64. The molecule has 0 aromatic rings. The molecule has 1 saturated carbocycles. The van der Waals surface area contributed by atoms with E-state index in [4.69, 9.17) is 5.73 Å². The normalized spacial score (nSPS) is 28.5. The molecule has 4 nitrogen and oxygen atoms in total. The fourth-order valence-electron chi connectivity index (χ4n) is 2.52. The van der Waals surface area contributed by atoms with Crippen molar-refractivity contribution in [3.05, 3.63) is 0 Å². The lowest BCUT2D eigenvalue weighted by atomic mass is 9.88. The van der Waals surface area contributed by atoms with Gasteiger partial charge in [0.1, 0.15) is 0 Å². The van der Waals surface area contributed by atoms with Crippen LogP contribution < -0.4 is 5.73 Å². The van der Waals surface area contributed by atoms with Crippen LogP contribution in [0.4, 0.5) is 0 Å². The number of likely N-dealkylation sites (tertiary alicyclic amines) is 1. The maximum absolute atomic E-state index is 12.0. The Morgan fingerprint density at radius 1 is 1.27 bits per heavy atom. The van der Waals surface area contributed by atoms with E-state index in [2.05, 4.69) is 0 Å². The summed E-state index contributed by atoms with van der Waals surface area (Å²) < 4.78 is 0. The topological polar surface area (TPSA) is 63.4 Å².